The van der Waals surface area contributed by atoms with E-state index < -0.39 is 10.0 Å². The summed E-state index contributed by atoms with van der Waals surface area (Å²) in [6, 6.07) is 3.24. The number of hydrogen-bond donors (Lipinski definition) is 2. The first-order valence-corrected chi connectivity index (χ1v) is 8.23. The van der Waals surface area contributed by atoms with Gasteiger partial charge in [0.25, 0.3) is 0 Å². The lowest BCUT2D eigenvalue weighted by Gasteiger charge is -2.16. The number of anilines is 1. The van der Waals surface area contributed by atoms with E-state index in [0.29, 0.717) is 5.69 Å². The molecule has 112 valence electrons. The van der Waals surface area contributed by atoms with Crippen LogP contribution in [0.5, 0.6) is 0 Å². The molecule has 0 aromatic heterocycles. The van der Waals surface area contributed by atoms with Gasteiger partial charge in [0.1, 0.15) is 0 Å². The van der Waals surface area contributed by atoms with Crippen LogP contribution in [-0.2, 0) is 14.8 Å². The maximum absolute atomic E-state index is 12.5. The highest BCUT2D eigenvalue weighted by molar-refractivity contribution is 7.89. The summed E-state index contributed by atoms with van der Waals surface area (Å²) in [4.78, 5) is 0.274. The Morgan fingerprint density at radius 1 is 1.30 bits per heavy atom. The molecule has 20 heavy (non-hydrogen) atoms. The SMILES string of the molecule is COC1CCC(NS(=O)(=O)c2cc(N)cc(C)c2C)C1. The van der Waals surface area contributed by atoms with E-state index in [0.717, 1.165) is 30.4 Å². The van der Waals surface area contributed by atoms with Crippen LogP contribution in [0.15, 0.2) is 17.0 Å². The average molecular weight is 298 g/mol. The van der Waals surface area contributed by atoms with E-state index >= 15 is 0 Å². The molecule has 5 nitrogen and oxygen atoms in total. The zero-order chi connectivity index (χ0) is 14.9. The maximum Gasteiger partial charge on any atom is 0.241 e. The molecule has 1 fully saturated rings. The predicted molar refractivity (Wildman–Crippen MR) is 79.1 cm³/mol. The minimum Gasteiger partial charge on any atom is -0.399 e. The van der Waals surface area contributed by atoms with Crippen molar-refractivity contribution >= 4 is 15.7 Å². The normalized spacial score (nSPS) is 23.1. The molecule has 1 aromatic carbocycles. The van der Waals surface area contributed by atoms with Crippen LogP contribution in [0.2, 0.25) is 0 Å². The zero-order valence-electron chi connectivity index (χ0n) is 12.1. The van der Waals surface area contributed by atoms with Crippen LogP contribution in [0.4, 0.5) is 5.69 Å². The minimum atomic E-state index is -3.54. The number of benzene rings is 1. The number of methoxy groups -OCH3 is 1. The second-order valence-electron chi connectivity index (χ2n) is 5.45. The van der Waals surface area contributed by atoms with Gasteiger partial charge in [0, 0.05) is 18.8 Å². The zero-order valence-corrected chi connectivity index (χ0v) is 13.0. The summed E-state index contributed by atoms with van der Waals surface area (Å²) in [6.45, 7) is 3.66. The van der Waals surface area contributed by atoms with Crippen molar-refractivity contribution in [3.8, 4) is 0 Å². The number of nitrogens with one attached hydrogen (secondary N) is 1. The summed E-state index contributed by atoms with van der Waals surface area (Å²) in [5.41, 5.74) is 7.86. The number of nitrogen functional groups attached to an aromatic ring is 1. The van der Waals surface area contributed by atoms with Crippen LogP contribution >= 0.6 is 0 Å². The van der Waals surface area contributed by atoms with Gasteiger partial charge in [-0.2, -0.15) is 0 Å². The van der Waals surface area contributed by atoms with Gasteiger partial charge in [0.15, 0.2) is 0 Å². The molecule has 2 rings (SSSR count). The molecule has 0 heterocycles. The summed E-state index contributed by atoms with van der Waals surface area (Å²) in [5.74, 6) is 0. The molecule has 2 atom stereocenters. The van der Waals surface area contributed by atoms with E-state index in [9.17, 15) is 8.42 Å². The first-order chi connectivity index (χ1) is 9.33. The Bertz CT molecular complexity index is 599. The van der Waals surface area contributed by atoms with Crippen molar-refractivity contribution in [2.45, 2.75) is 50.2 Å². The largest absolute Gasteiger partial charge is 0.399 e. The molecule has 0 spiro atoms. The van der Waals surface area contributed by atoms with E-state index in [2.05, 4.69) is 4.72 Å². The fraction of sp³-hybridized carbons (Fsp3) is 0.571. The van der Waals surface area contributed by atoms with Crippen molar-refractivity contribution < 1.29 is 13.2 Å². The number of nitrogens with two attached hydrogens (primary N) is 1. The highest BCUT2D eigenvalue weighted by Crippen LogP contribution is 2.26. The van der Waals surface area contributed by atoms with Crippen LogP contribution in [0.1, 0.15) is 30.4 Å². The second kappa shape index (κ2) is 5.71. The topological polar surface area (TPSA) is 81.4 Å². The Hall–Kier alpha value is -1.11. The van der Waals surface area contributed by atoms with Gasteiger partial charge in [0.05, 0.1) is 11.0 Å². The predicted octanol–water partition coefficient (Wildman–Crippen LogP) is 1.73. The van der Waals surface area contributed by atoms with E-state index in [-0.39, 0.29) is 17.0 Å². The highest BCUT2D eigenvalue weighted by atomic mass is 32.2. The molecule has 1 aromatic rings. The van der Waals surface area contributed by atoms with Crippen molar-refractivity contribution in [3.05, 3.63) is 23.3 Å². The van der Waals surface area contributed by atoms with Gasteiger partial charge in [-0.3, -0.25) is 0 Å². The van der Waals surface area contributed by atoms with E-state index in [1.807, 2.05) is 6.92 Å². The number of aryl methyl sites for hydroxylation is 1. The van der Waals surface area contributed by atoms with Gasteiger partial charge in [-0.15, -0.1) is 0 Å². The summed E-state index contributed by atoms with van der Waals surface area (Å²) >= 11 is 0. The van der Waals surface area contributed by atoms with Gasteiger partial charge in [-0.05, 0) is 56.4 Å². The van der Waals surface area contributed by atoms with Crippen molar-refractivity contribution in [1.29, 1.82) is 0 Å². The first kappa shape index (κ1) is 15.3. The second-order valence-corrected chi connectivity index (χ2v) is 7.13. The number of sulfonamides is 1. The Morgan fingerprint density at radius 3 is 2.60 bits per heavy atom. The molecule has 1 aliphatic rings. The molecular formula is C14H22N2O3S. The lowest BCUT2D eigenvalue weighted by molar-refractivity contribution is 0.107. The summed E-state index contributed by atoms with van der Waals surface area (Å²) in [6.07, 6.45) is 2.55. The molecule has 1 aliphatic carbocycles. The molecule has 2 unspecified atom stereocenters. The van der Waals surface area contributed by atoms with Crippen LogP contribution in [0.3, 0.4) is 0 Å². The molecule has 0 aliphatic heterocycles. The highest BCUT2D eigenvalue weighted by Gasteiger charge is 2.29. The lowest BCUT2D eigenvalue weighted by Crippen LogP contribution is -2.34. The fourth-order valence-electron chi connectivity index (χ4n) is 2.68. The van der Waals surface area contributed by atoms with Crippen molar-refractivity contribution in [2.75, 3.05) is 12.8 Å². The standard InChI is InChI=1S/C14H22N2O3S/c1-9-6-11(15)7-14(10(9)2)20(17,18)16-12-4-5-13(8-12)19-3/h6-7,12-13,16H,4-5,8,15H2,1-3H3. The van der Waals surface area contributed by atoms with Gasteiger partial charge >= 0.3 is 0 Å². The van der Waals surface area contributed by atoms with Gasteiger partial charge in [-0.25, -0.2) is 13.1 Å². The van der Waals surface area contributed by atoms with Gasteiger partial charge in [0.2, 0.25) is 10.0 Å². The van der Waals surface area contributed by atoms with Crippen molar-refractivity contribution in [1.82, 2.24) is 4.72 Å². The number of rotatable bonds is 4. The third-order valence-electron chi connectivity index (χ3n) is 3.97. The van der Waals surface area contributed by atoms with Crippen LogP contribution in [-0.4, -0.2) is 27.7 Å². The molecular weight excluding hydrogens is 276 g/mol. The number of ether oxygens (including phenoxy) is 1. The summed E-state index contributed by atoms with van der Waals surface area (Å²) in [7, 11) is -1.88. The third kappa shape index (κ3) is 3.13. The van der Waals surface area contributed by atoms with Crippen molar-refractivity contribution in [3.63, 3.8) is 0 Å². The number of hydrogen-bond acceptors (Lipinski definition) is 4. The summed E-state index contributed by atoms with van der Waals surface area (Å²) in [5, 5.41) is 0. The monoisotopic (exact) mass is 298 g/mol. The molecule has 0 radical (unpaired) electrons. The van der Waals surface area contributed by atoms with E-state index in [1.165, 1.54) is 6.07 Å². The molecule has 1 saturated carbocycles. The average Bonchev–Trinajstić information content (AvgIpc) is 2.80. The Balaban J connectivity index is 2.23. The maximum atomic E-state index is 12.5. The smallest absolute Gasteiger partial charge is 0.241 e. The van der Waals surface area contributed by atoms with Crippen LogP contribution in [0.25, 0.3) is 0 Å². The Kier molecular flexibility index (Phi) is 4.36. The van der Waals surface area contributed by atoms with E-state index in [4.69, 9.17) is 10.5 Å². The molecule has 0 bridgehead atoms. The third-order valence-corrected chi connectivity index (χ3v) is 5.62. The van der Waals surface area contributed by atoms with E-state index in [1.54, 1.807) is 20.1 Å². The van der Waals surface area contributed by atoms with Gasteiger partial charge in [-0.1, -0.05) is 0 Å². The molecule has 3 N–H and O–H groups in total. The van der Waals surface area contributed by atoms with Crippen LogP contribution in [0, 0.1) is 13.8 Å². The van der Waals surface area contributed by atoms with Crippen LogP contribution < -0.4 is 10.5 Å². The summed E-state index contributed by atoms with van der Waals surface area (Å²) < 4.78 is 33.0. The lowest BCUT2D eigenvalue weighted by atomic mass is 10.1. The van der Waals surface area contributed by atoms with Crippen molar-refractivity contribution in [2.24, 2.45) is 0 Å². The Labute approximate surface area is 120 Å². The molecule has 6 heteroatoms. The minimum absolute atomic E-state index is 0.0638. The quantitative estimate of drug-likeness (QED) is 0.830. The first-order valence-electron chi connectivity index (χ1n) is 6.75. The fourth-order valence-corrected chi connectivity index (χ4v) is 4.31. The Morgan fingerprint density at radius 2 is 2.00 bits per heavy atom. The molecule has 0 amide bonds. The molecule has 0 saturated heterocycles. The van der Waals surface area contributed by atoms with Gasteiger partial charge < -0.3 is 10.5 Å².